The van der Waals surface area contributed by atoms with Crippen LogP contribution < -0.4 is 20.3 Å². The molecular formula is C24H21N3O4S. The van der Waals surface area contributed by atoms with Gasteiger partial charge in [-0.05, 0) is 30.2 Å². The summed E-state index contributed by atoms with van der Waals surface area (Å²) in [6, 6.07) is 17.3. The second-order valence-electron chi connectivity index (χ2n) is 7.58. The standard InChI is InChI=1S/C24H21N3O4S/c1-15-21-23(32-22(15)16-7-3-2-4-8-16)26-14-27(24(21)29)12-20(28)25-11-17-13-30-18-9-5-6-10-19(18)31-17/h2-10,14,17H,11-13H2,1H3,(H,25,28)/t17-/m0/s1. The Bertz CT molecular complexity index is 1350. The van der Waals surface area contributed by atoms with Gasteiger partial charge in [0.1, 0.15) is 24.1 Å². The molecule has 32 heavy (non-hydrogen) atoms. The molecule has 1 aliphatic rings. The Morgan fingerprint density at radius 1 is 1.16 bits per heavy atom. The maximum Gasteiger partial charge on any atom is 0.262 e. The molecule has 162 valence electrons. The first-order chi connectivity index (χ1) is 15.6. The van der Waals surface area contributed by atoms with Gasteiger partial charge in [0.15, 0.2) is 11.5 Å². The highest BCUT2D eigenvalue weighted by Gasteiger charge is 2.21. The molecule has 0 saturated heterocycles. The maximum absolute atomic E-state index is 13.1. The summed E-state index contributed by atoms with van der Waals surface area (Å²) in [4.78, 5) is 31.7. The number of rotatable bonds is 5. The van der Waals surface area contributed by atoms with Crippen molar-refractivity contribution in [3.63, 3.8) is 0 Å². The molecule has 1 N–H and O–H groups in total. The Morgan fingerprint density at radius 3 is 2.72 bits per heavy atom. The van der Waals surface area contributed by atoms with Crippen molar-refractivity contribution in [1.29, 1.82) is 0 Å². The van der Waals surface area contributed by atoms with Crippen molar-refractivity contribution in [3.8, 4) is 21.9 Å². The van der Waals surface area contributed by atoms with Crippen LogP contribution in [0.5, 0.6) is 11.5 Å². The number of hydrogen-bond acceptors (Lipinski definition) is 6. The van der Waals surface area contributed by atoms with E-state index in [-0.39, 0.29) is 30.7 Å². The molecule has 4 aromatic rings. The number of carbonyl (C=O) groups excluding carboxylic acids is 1. The van der Waals surface area contributed by atoms with Gasteiger partial charge in [0.25, 0.3) is 5.56 Å². The van der Waals surface area contributed by atoms with Gasteiger partial charge in [0.05, 0.1) is 18.3 Å². The third-order valence-corrected chi connectivity index (χ3v) is 6.61. The van der Waals surface area contributed by atoms with Crippen LogP contribution in [0.3, 0.4) is 0 Å². The normalized spacial score (nSPS) is 15.0. The summed E-state index contributed by atoms with van der Waals surface area (Å²) in [5.41, 5.74) is 1.72. The van der Waals surface area contributed by atoms with Gasteiger partial charge in [-0.25, -0.2) is 4.98 Å². The smallest absolute Gasteiger partial charge is 0.262 e. The molecule has 2 aromatic heterocycles. The SMILES string of the molecule is Cc1c(-c2ccccc2)sc2ncn(CC(=O)NC[C@H]3COc4ccccc4O3)c(=O)c12. The maximum atomic E-state index is 13.1. The second-order valence-corrected chi connectivity index (χ2v) is 8.58. The van der Waals surface area contributed by atoms with Crippen LogP contribution in [0.2, 0.25) is 0 Å². The number of fused-ring (bicyclic) bond motifs is 2. The highest BCUT2D eigenvalue weighted by molar-refractivity contribution is 7.22. The second kappa shape index (κ2) is 8.47. The Balaban J connectivity index is 1.29. The minimum Gasteiger partial charge on any atom is -0.486 e. The van der Waals surface area contributed by atoms with E-state index >= 15 is 0 Å². The first kappa shape index (κ1) is 20.3. The van der Waals surface area contributed by atoms with Gasteiger partial charge in [0, 0.05) is 4.88 Å². The summed E-state index contributed by atoms with van der Waals surface area (Å²) >= 11 is 1.49. The van der Waals surface area contributed by atoms with Crippen LogP contribution in [0.4, 0.5) is 0 Å². The number of benzene rings is 2. The number of ether oxygens (including phenoxy) is 2. The molecule has 1 amide bonds. The van der Waals surface area contributed by atoms with Crippen LogP contribution in [-0.4, -0.2) is 34.7 Å². The molecule has 7 nitrogen and oxygen atoms in total. The third kappa shape index (κ3) is 3.85. The third-order valence-electron chi connectivity index (χ3n) is 5.36. The zero-order chi connectivity index (χ0) is 22.1. The molecule has 1 aliphatic heterocycles. The van der Waals surface area contributed by atoms with Gasteiger partial charge in [-0.3, -0.25) is 14.2 Å². The minimum absolute atomic E-state index is 0.109. The predicted molar refractivity (Wildman–Crippen MR) is 123 cm³/mol. The first-order valence-electron chi connectivity index (χ1n) is 10.3. The number of amides is 1. The highest BCUT2D eigenvalue weighted by Crippen LogP contribution is 2.35. The van der Waals surface area contributed by atoms with Crippen LogP contribution in [0.1, 0.15) is 5.56 Å². The zero-order valence-corrected chi connectivity index (χ0v) is 18.2. The Hall–Kier alpha value is -3.65. The molecule has 0 fully saturated rings. The average molecular weight is 448 g/mol. The number of para-hydroxylation sites is 2. The number of aromatic nitrogens is 2. The van der Waals surface area contributed by atoms with Gasteiger partial charge >= 0.3 is 0 Å². The zero-order valence-electron chi connectivity index (χ0n) is 17.4. The first-order valence-corrected chi connectivity index (χ1v) is 11.1. The number of thiophene rings is 1. The van der Waals surface area contributed by atoms with Crippen molar-refractivity contribution in [1.82, 2.24) is 14.9 Å². The topological polar surface area (TPSA) is 82.5 Å². The van der Waals surface area contributed by atoms with Crippen LogP contribution in [0, 0.1) is 6.92 Å². The van der Waals surface area contributed by atoms with E-state index in [0.29, 0.717) is 28.3 Å². The van der Waals surface area contributed by atoms with E-state index < -0.39 is 0 Å². The van der Waals surface area contributed by atoms with E-state index in [2.05, 4.69) is 10.3 Å². The van der Waals surface area contributed by atoms with Crippen molar-refractivity contribution in [2.75, 3.05) is 13.2 Å². The number of hydrogen-bond donors (Lipinski definition) is 1. The average Bonchev–Trinajstić information content (AvgIpc) is 3.17. The highest BCUT2D eigenvalue weighted by atomic mass is 32.1. The van der Waals surface area contributed by atoms with Crippen molar-refractivity contribution < 1.29 is 14.3 Å². The van der Waals surface area contributed by atoms with Gasteiger partial charge < -0.3 is 14.8 Å². The lowest BCUT2D eigenvalue weighted by atomic mass is 10.1. The lowest BCUT2D eigenvalue weighted by molar-refractivity contribution is -0.122. The number of nitrogens with zero attached hydrogens (tertiary/aromatic N) is 2. The molecule has 0 spiro atoms. The Morgan fingerprint density at radius 2 is 1.91 bits per heavy atom. The number of carbonyl (C=O) groups is 1. The van der Waals surface area contributed by atoms with Crippen molar-refractivity contribution in [3.05, 3.63) is 76.8 Å². The largest absolute Gasteiger partial charge is 0.486 e. The lowest BCUT2D eigenvalue weighted by Gasteiger charge is -2.26. The molecule has 2 aromatic carbocycles. The molecule has 0 aliphatic carbocycles. The molecule has 0 unspecified atom stereocenters. The molecule has 8 heteroatoms. The number of aryl methyl sites for hydroxylation is 1. The quantitative estimate of drug-likeness (QED) is 0.507. The number of nitrogens with one attached hydrogen (secondary N) is 1. The minimum atomic E-state index is -0.293. The molecule has 0 radical (unpaired) electrons. The van der Waals surface area contributed by atoms with Crippen molar-refractivity contribution in [2.45, 2.75) is 19.6 Å². The summed E-state index contributed by atoms with van der Waals surface area (Å²) in [5, 5.41) is 3.38. The van der Waals surface area contributed by atoms with Crippen LogP contribution >= 0.6 is 11.3 Å². The van der Waals surface area contributed by atoms with Gasteiger partial charge in [-0.2, -0.15) is 0 Å². The molecule has 1 atom stereocenters. The van der Waals surface area contributed by atoms with E-state index in [1.165, 1.54) is 22.2 Å². The van der Waals surface area contributed by atoms with E-state index in [9.17, 15) is 9.59 Å². The lowest BCUT2D eigenvalue weighted by Crippen LogP contribution is -2.42. The monoisotopic (exact) mass is 447 g/mol. The van der Waals surface area contributed by atoms with Crippen LogP contribution in [0.25, 0.3) is 20.7 Å². The predicted octanol–water partition coefficient (Wildman–Crippen LogP) is 3.39. The Labute approximate surface area is 188 Å². The summed E-state index contributed by atoms with van der Waals surface area (Å²) < 4.78 is 12.9. The molecule has 0 saturated carbocycles. The van der Waals surface area contributed by atoms with E-state index in [4.69, 9.17) is 9.47 Å². The van der Waals surface area contributed by atoms with Gasteiger partial charge in [-0.15, -0.1) is 11.3 Å². The summed E-state index contributed by atoms with van der Waals surface area (Å²) in [6.07, 6.45) is 1.14. The van der Waals surface area contributed by atoms with Gasteiger partial charge in [-0.1, -0.05) is 42.5 Å². The molecule has 5 rings (SSSR count). The Kier molecular flexibility index (Phi) is 5.36. The van der Waals surface area contributed by atoms with Gasteiger partial charge in [0.2, 0.25) is 5.91 Å². The van der Waals surface area contributed by atoms with Crippen molar-refractivity contribution in [2.24, 2.45) is 0 Å². The molecule has 3 heterocycles. The molecule has 0 bridgehead atoms. The fraction of sp³-hybridized carbons (Fsp3) is 0.208. The summed E-state index contributed by atoms with van der Waals surface area (Å²) in [6.45, 7) is 2.45. The van der Waals surface area contributed by atoms with Crippen LogP contribution in [0.15, 0.2) is 65.7 Å². The van der Waals surface area contributed by atoms with E-state index in [0.717, 1.165) is 16.0 Å². The van der Waals surface area contributed by atoms with E-state index in [1.807, 2.05) is 61.5 Å². The summed E-state index contributed by atoms with van der Waals surface area (Å²) in [5.74, 6) is 1.07. The fourth-order valence-corrected chi connectivity index (χ4v) is 4.88. The summed E-state index contributed by atoms with van der Waals surface area (Å²) in [7, 11) is 0. The van der Waals surface area contributed by atoms with Crippen LogP contribution in [-0.2, 0) is 11.3 Å². The van der Waals surface area contributed by atoms with E-state index in [1.54, 1.807) is 0 Å². The fourth-order valence-electron chi connectivity index (χ4n) is 3.74. The molecular weight excluding hydrogens is 426 g/mol. The van der Waals surface area contributed by atoms with Crippen molar-refractivity contribution >= 4 is 27.5 Å².